The van der Waals surface area contributed by atoms with Gasteiger partial charge in [0, 0.05) is 17.8 Å². The van der Waals surface area contributed by atoms with E-state index < -0.39 is 0 Å². The first-order valence-corrected chi connectivity index (χ1v) is 5.77. The Bertz CT molecular complexity index is 742. The summed E-state index contributed by atoms with van der Waals surface area (Å²) in [5.41, 5.74) is 1.06. The molecule has 0 atom stereocenters. The fourth-order valence-corrected chi connectivity index (χ4v) is 2.13. The lowest BCUT2D eigenvalue weighted by Gasteiger charge is -1.97. The van der Waals surface area contributed by atoms with Gasteiger partial charge in [0.25, 0.3) is 0 Å². The molecule has 0 unspecified atom stereocenters. The van der Waals surface area contributed by atoms with Crippen molar-refractivity contribution >= 4 is 28.4 Å². The summed E-state index contributed by atoms with van der Waals surface area (Å²) in [6.07, 6.45) is 3.19. The SMILES string of the molecule is Cc1ccc(C(=O)c2c[nH]c3nccc(Cl)c23)o1. The van der Waals surface area contributed by atoms with Gasteiger partial charge < -0.3 is 9.40 Å². The molecule has 3 heterocycles. The molecule has 3 aromatic rings. The highest BCUT2D eigenvalue weighted by atomic mass is 35.5. The van der Waals surface area contributed by atoms with Crippen molar-refractivity contribution < 1.29 is 9.21 Å². The minimum atomic E-state index is -0.204. The van der Waals surface area contributed by atoms with Crippen LogP contribution in [-0.4, -0.2) is 15.8 Å². The highest BCUT2D eigenvalue weighted by molar-refractivity contribution is 6.37. The van der Waals surface area contributed by atoms with E-state index in [9.17, 15) is 4.79 Å². The number of fused-ring (bicyclic) bond motifs is 1. The fraction of sp³-hybridized carbons (Fsp3) is 0.0769. The zero-order chi connectivity index (χ0) is 12.7. The summed E-state index contributed by atoms with van der Waals surface area (Å²) in [6.45, 7) is 1.79. The summed E-state index contributed by atoms with van der Waals surface area (Å²) >= 11 is 6.10. The van der Waals surface area contributed by atoms with Gasteiger partial charge in [-0.2, -0.15) is 0 Å². The van der Waals surface area contributed by atoms with Crippen LogP contribution in [0.15, 0.2) is 35.0 Å². The van der Waals surface area contributed by atoms with Gasteiger partial charge in [-0.05, 0) is 25.1 Å². The maximum atomic E-state index is 12.3. The number of aryl methyl sites for hydroxylation is 1. The molecule has 0 radical (unpaired) electrons. The van der Waals surface area contributed by atoms with Crippen LogP contribution < -0.4 is 0 Å². The van der Waals surface area contributed by atoms with E-state index >= 15 is 0 Å². The summed E-state index contributed by atoms with van der Waals surface area (Å²) in [6, 6.07) is 5.06. The molecule has 0 saturated carbocycles. The molecule has 0 aliphatic rings. The van der Waals surface area contributed by atoms with Crippen LogP contribution in [0.4, 0.5) is 0 Å². The Hall–Kier alpha value is -2.07. The molecule has 0 bridgehead atoms. The smallest absolute Gasteiger partial charge is 0.230 e. The van der Waals surface area contributed by atoms with E-state index in [0.29, 0.717) is 33.1 Å². The number of H-pyrrole nitrogens is 1. The normalized spacial score (nSPS) is 11.0. The van der Waals surface area contributed by atoms with Crippen molar-refractivity contribution in [1.82, 2.24) is 9.97 Å². The maximum Gasteiger partial charge on any atom is 0.230 e. The molecule has 3 rings (SSSR count). The lowest BCUT2D eigenvalue weighted by atomic mass is 10.1. The van der Waals surface area contributed by atoms with Gasteiger partial charge in [-0.15, -0.1) is 0 Å². The van der Waals surface area contributed by atoms with Crippen molar-refractivity contribution in [2.45, 2.75) is 6.92 Å². The number of halogens is 1. The van der Waals surface area contributed by atoms with Gasteiger partial charge in [0.2, 0.25) is 5.78 Å². The largest absolute Gasteiger partial charge is 0.458 e. The van der Waals surface area contributed by atoms with Crippen molar-refractivity contribution in [2.75, 3.05) is 0 Å². The van der Waals surface area contributed by atoms with Gasteiger partial charge in [0.05, 0.1) is 10.6 Å². The van der Waals surface area contributed by atoms with E-state index in [1.807, 2.05) is 0 Å². The second-order valence-corrected chi connectivity index (χ2v) is 4.37. The van der Waals surface area contributed by atoms with Crippen molar-refractivity contribution in [3.63, 3.8) is 0 Å². The third kappa shape index (κ3) is 1.62. The van der Waals surface area contributed by atoms with E-state index in [1.54, 1.807) is 37.5 Å². The molecule has 1 N–H and O–H groups in total. The quantitative estimate of drug-likeness (QED) is 0.719. The van der Waals surface area contributed by atoms with Gasteiger partial charge in [-0.1, -0.05) is 11.6 Å². The molecule has 18 heavy (non-hydrogen) atoms. The van der Waals surface area contributed by atoms with E-state index in [-0.39, 0.29) is 5.78 Å². The molecule has 0 aliphatic carbocycles. The third-order valence-corrected chi connectivity index (χ3v) is 3.05. The van der Waals surface area contributed by atoms with E-state index in [2.05, 4.69) is 9.97 Å². The molecule has 0 spiro atoms. The number of ketones is 1. The van der Waals surface area contributed by atoms with Crippen LogP contribution in [0.1, 0.15) is 21.9 Å². The number of carbonyl (C=O) groups is 1. The van der Waals surface area contributed by atoms with Gasteiger partial charge in [0.15, 0.2) is 5.76 Å². The number of hydrogen-bond acceptors (Lipinski definition) is 3. The second-order valence-electron chi connectivity index (χ2n) is 3.96. The Kier molecular flexibility index (Phi) is 2.45. The molecule has 0 fully saturated rings. The summed E-state index contributed by atoms with van der Waals surface area (Å²) in [5.74, 6) is 0.792. The van der Waals surface area contributed by atoms with Crippen LogP contribution >= 0.6 is 11.6 Å². The van der Waals surface area contributed by atoms with Crippen LogP contribution in [0.3, 0.4) is 0 Å². The minimum absolute atomic E-state index is 0.204. The Morgan fingerprint density at radius 1 is 1.39 bits per heavy atom. The number of aromatic nitrogens is 2. The summed E-state index contributed by atoms with van der Waals surface area (Å²) in [7, 11) is 0. The maximum absolute atomic E-state index is 12.3. The lowest BCUT2D eigenvalue weighted by molar-refractivity contribution is 0.101. The average molecular weight is 261 g/mol. The average Bonchev–Trinajstić information content (AvgIpc) is 2.95. The summed E-state index contributed by atoms with van der Waals surface area (Å²) in [4.78, 5) is 19.3. The zero-order valence-electron chi connectivity index (χ0n) is 9.53. The zero-order valence-corrected chi connectivity index (χ0v) is 10.3. The van der Waals surface area contributed by atoms with Crippen molar-refractivity contribution in [3.8, 4) is 0 Å². The summed E-state index contributed by atoms with van der Waals surface area (Å²) < 4.78 is 5.33. The number of rotatable bonds is 2. The van der Waals surface area contributed by atoms with E-state index in [4.69, 9.17) is 16.0 Å². The Labute approximate surface area is 108 Å². The second kappa shape index (κ2) is 3.99. The first-order chi connectivity index (χ1) is 8.66. The van der Waals surface area contributed by atoms with Crippen LogP contribution in [0.25, 0.3) is 11.0 Å². The van der Waals surface area contributed by atoms with Crippen LogP contribution in [-0.2, 0) is 0 Å². The van der Waals surface area contributed by atoms with Crippen molar-refractivity contribution in [3.05, 3.63) is 52.7 Å². The Morgan fingerprint density at radius 2 is 2.22 bits per heavy atom. The Morgan fingerprint density at radius 3 is 2.94 bits per heavy atom. The predicted molar refractivity (Wildman–Crippen MR) is 68.0 cm³/mol. The van der Waals surface area contributed by atoms with Crippen LogP contribution in [0.5, 0.6) is 0 Å². The molecular weight excluding hydrogens is 252 g/mol. The number of pyridine rings is 1. The minimum Gasteiger partial charge on any atom is -0.458 e. The van der Waals surface area contributed by atoms with Crippen molar-refractivity contribution in [1.29, 1.82) is 0 Å². The fourth-order valence-electron chi connectivity index (χ4n) is 1.88. The van der Waals surface area contributed by atoms with Crippen molar-refractivity contribution in [2.24, 2.45) is 0 Å². The lowest BCUT2D eigenvalue weighted by Crippen LogP contribution is -1.98. The highest BCUT2D eigenvalue weighted by Crippen LogP contribution is 2.27. The number of furan rings is 1. The molecule has 5 heteroatoms. The molecule has 0 aliphatic heterocycles. The van der Waals surface area contributed by atoms with E-state index in [1.165, 1.54) is 0 Å². The van der Waals surface area contributed by atoms with Crippen LogP contribution in [0.2, 0.25) is 5.02 Å². The third-order valence-electron chi connectivity index (χ3n) is 2.73. The van der Waals surface area contributed by atoms with E-state index in [0.717, 1.165) is 0 Å². The monoisotopic (exact) mass is 260 g/mol. The van der Waals surface area contributed by atoms with Gasteiger partial charge >= 0.3 is 0 Å². The van der Waals surface area contributed by atoms with Gasteiger partial charge in [-0.3, -0.25) is 4.79 Å². The Balaban J connectivity index is 2.18. The molecule has 3 aromatic heterocycles. The molecule has 0 amide bonds. The first-order valence-electron chi connectivity index (χ1n) is 5.39. The first kappa shape index (κ1) is 11.0. The molecule has 90 valence electrons. The predicted octanol–water partition coefficient (Wildman–Crippen LogP) is 3.35. The summed E-state index contributed by atoms with van der Waals surface area (Å²) in [5, 5.41) is 1.12. The highest BCUT2D eigenvalue weighted by Gasteiger charge is 2.19. The molecule has 0 aromatic carbocycles. The van der Waals surface area contributed by atoms with Gasteiger partial charge in [-0.25, -0.2) is 4.98 Å². The van der Waals surface area contributed by atoms with Crippen LogP contribution in [0, 0.1) is 6.92 Å². The number of nitrogens with zero attached hydrogens (tertiary/aromatic N) is 1. The number of aromatic amines is 1. The molecule has 4 nitrogen and oxygen atoms in total. The number of hydrogen-bond donors (Lipinski definition) is 1. The molecule has 0 saturated heterocycles. The standard InChI is InChI=1S/C13H9ClN2O2/c1-7-2-3-10(18-7)12(17)8-6-16-13-11(8)9(14)4-5-15-13/h2-6H,1H3,(H,15,16). The topological polar surface area (TPSA) is 58.9 Å². The van der Waals surface area contributed by atoms with Gasteiger partial charge in [0.1, 0.15) is 11.4 Å². The molecular formula is C13H9ClN2O2. The number of carbonyl (C=O) groups excluding carboxylic acids is 1. The number of nitrogens with one attached hydrogen (secondary N) is 1.